The number of nitrogens with zero attached hydrogens (tertiary/aromatic N) is 1. The Labute approximate surface area is 174 Å². The van der Waals surface area contributed by atoms with E-state index in [2.05, 4.69) is 5.32 Å². The fourth-order valence-electron chi connectivity index (χ4n) is 5.04. The highest BCUT2D eigenvalue weighted by molar-refractivity contribution is 8.01. The molecule has 0 bridgehead atoms. The largest absolute Gasteiger partial charge is 0.497 e. The zero-order valence-corrected chi connectivity index (χ0v) is 17.9. The van der Waals surface area contributed by atoms with Crippen molar-refractivity contribution in [3.05, 3.63) is 22.5 Å². The number of carboxylic acid groups (broad SMARTS) is 1. The molecule has 2 amide bonds. The Morgan fingerprint density at radius 3 is 2.66 bits per heavy atom. The maximum Gasteiger partial charge on any atom is 0.327 e. The number of hydrogen-bond acceptors (Lipinski definition) is 5. The molecule has 8 heteroatoms. The Balaban J connectivity index is 1.57. The summed E-state index contributed by atoms with van der Waals surface area (Å²) in [4.78, 5) is 39.1. The first-order chi connectivity index (χ1) is 13.8. The Hall–Kier alpha value is -1.96. The molecule has 7 nitrogen and oxygen atoms in total. The van der Waals surface area contributed by atoms with Crippen LogP contribution >= 0.6 is 11.8 Å². The van der Waals surface area contributed by atoms with Gasteiger partial charge in [0.05, 0.1) is 12.2 Å². The van der Waals surface area contributed by atoms with E-state index in [1.807, 2.05) is 20.8 Å². The summed E-state index contributed by atoms with van der Waals surface area (Å²) in [6, 6.07) is -1.57. The van der Waals surface area contributed by atoms with Crippen molar-refractivity contribution >= 4 is 29.5 Å². The van der Waals surface area contributed by atoms with Gasteiger partial charge in [-0.2, -0.15) is 0 Å². The molecular weight excluding hydrogens is 392 g/mol. The van der Waals surface area contributed by atoms with Crippen LogP contribution in [0.5, 0.6) is 0 Å². The molecule has 2 fully saturated rings. The van der Waals surface area contributed by atoms with E-state index in [1.165, 1.54) is 22.2 Å². The number of carbonyl (C=O) groups excluding carboxylic acids is 2. The summed E-state index contributed by atoms with van der Waals surface area (Å²) in [5.74, 6) is -0.871. The van der Waals surface area contributed by atoms with Crippen LogP contribution in [-0.4, -0.2) is 56.6 Å². The molecule has 29 heavy (non-hydrogen) atoms. The molecule has 0 unspecified atom stereocenters. The lowest BCUT2D eigenvalue weighted by molar-refractivity contribution is -0.160. The molecule has 2 N–H and O–H groups in total. The lowest BCUT2D eigenvalue weighted by Crippen LogP contribution is -2.70. The summed E-state index contributed by atoms with van der Waals surface area (Å²) >= 11 is 1.44. The number of β-lactam (4-membered cyclic amide) rings is 1. The van der Waals surface area contributed by atoms with E-state index in [1.54, 1.807) is 0 Å². The Morgan fingerprint density at radius 1 is 1.24 bits per heavy atom. The van der Waals surface area contributed by atoms with Crippen molar-refractivity contribution in [2.75, 3.05) is 6.61 Å². The average Bonchev–Trinajstić information content (AvgIpc) is 2.94. The number of fused-ring (bicyclic) bond motifs is 1. The fourth-order valence-corrected chi connectivity index (χ4v) is 6.67. The minimum atomic E-state index is -1.01. The van der Waals surface area contributed by atoms with Crippen molar-refractivity contribution in [1.82, 2.24) is 10.2 Å². The van der Waals surface area contributed by atoms with Crippen LogP contribution in [-0.2, 0) is 19.1 Å². The summed E-state index contributed by atoms with van der Waals surface area (Å²) in [5, 5.41) is 12.1. The second-order valence-corrected chi connectivity index (χ2v) is 10.3. The van der Waals surface area contributed by atoms with Gasteiger partial charge in [-0.25, -0.2) is 4.79 Å². The number of hydrogen-bond donors (Lipinski definition) is 2. The Morgan fingerprint density at radius 2 is 1.97 bits per heavy atom. The third-order valence-corrected chi connectivity index (χ3v) is 7.90. The molecule has 4 aliphatic rings. The normalized spacial score (nSPS) is 30.5. The lowest BCUT2D eigenvalue weighted by atomic mass is 9.80. The van der Waals surface area contributed by atoms with Crippen molar-refractivity contribution < 1.29 is 24.2 Å². The maximum atomic E-state index is 13.3. The number of carbonyl (C=O) groups is 3. The molecular formula is C21H28N2O5S. The minimum Gasteiger partial charge on any atom is -0.497 e. The summed E-state index contributed by atoms with van der Waals surface area (Å²) in [6.07, 6.45) is 5.74. The molecule has 0 aromatic carbocycles. The zero-order valence-electron chi connectivity index (χ0n) is 17.1. The zero-order chi connectivity index (χ0) is 20.9. The lowest BCUT2D eigenvalue weighted by Gasteiger charge is -2.44. The monoisotopic (exact) mass is 420 g/mol. The van der Waals surface area contributed by atoms with E-state index >= 15 is 0 Å². The molecule has 2 saturated heterocycles. The predicted molar refractivity (Wildman–Crippen MR) is 109 cm³/mol. The van der Waals surface area contributed by atoms with E-state index in [0.29, 0.717) is 18.6 Å². The first-order valence-corrected chi connectivity index (χ1v) is 11.2. The van der Waals surface area contributed by atoms with Gasteiger partial charge in [0.25, 0.3) is 5.91 Å². The summed E-state index contributed by atoms with van der Waals surface area (Å²) in [5.41, 5.74) is 3.04. The molecule has 0 saturated carbocycles. The molecule has 0 aromatic rings. The van der Waals surface area contributed by atoms with Crippen LogP contribution in [0.2, 0.25) is 0 Å². The first-order valence-electron chi connectivity index (χ1n) is 10.4. The maximum absolute atomic E-state index is 13.3. The third kappa shape index (κ3) is 3.25. The van der Waals surface area contributed by atoms with Gasteiger partial charge in [0.15, 0.2) is 0 Å². The van der Waals surface area contributed by atoms with E-state index < -0.39 is 22.8 Å². The second kappa shape index (κ2) is 7.38. The number of thioether (sulfide) groups is 1. The van der Waals surface area contributed by atoms with Gasteiger partial charge in [-0.15, -0.1) is 11.8 Å². The van der Waals surface area contributed by atoms with Gasteiger partial charge in [0.1, 0.15) is 23.2 Å². The summed E-state index contributed by atoms with van der Waals surface area (Å²) in [7, 11) is 0. The van der Waals surface area contributed by atoms with Gasteiger partial charge in [0.2, 0.25) is 5.91 Å². The average molecular weight is 421 g/mol. The van der Waals surface area contributed by atoms with Gasteiger partial charge >= 0.3 is 5.97 Å². The quantitative estimate of drug-likeness (QED) is 0.664. The smallest absolute Gasteiger partial charge is 0.327 e. The highest BCUT2D eigenvalue weighted by atomic mass is 32.2. The van der Waals surface area contributed by atoms with Crippen LogP contribution in [0.1, 0.15) is 59.3 Å². The van der Waals surface area contributed by atoms with Gasteiger partial charge in [-0.1, -0.05) is 5.57 Å². The predicted octanol–water partition coefficient (Wildman–Crippen LogP) is 2.57. The number of nitrogens with one attached hydrogen (secondary N) is 1. The van der Waals surface area contributed by atoms with Crippen LogP contribution in [0, 0.1) is 0 Å². The van der Waals surface area contributed by atoms with Gasteiger partial charge in [-0.3, -0.25) is 9.59 Å². The molecule has 3 atom stereocenters. The third-order valence-electron chi connectivity index (χ3n) is 6.32. The molecule has 4 rings (SSSR count). The SMILES string of the molecule is CCOC1=C(C(=O)N[C@@H]2C(=O)N3[C@@H]2SC(C)(C)[C@@H]3C(=O)O)C2=C(CCCC2)CC1. The van der Waals surface area contributed by atoms with Crippen LogP contribution < -0.4 is 5.32 Å². The Bertz CT molecular complexity index is 831. The van der Waals surface area contributed by atoms with E-state index in [4.69, 9.17) is 4.74 Å². The summed E-state index contributed by atoms with van der Waals surface area (Å²) < 4.78 is 5.19. The molecule has 0 spiro atoms. The van der Waals surface area contributed by atoms with Crippen molar-refractivity contribution in [1.29, 1.82) is 0 Å². The number of amides is 2. The number of carboxylic acids is 1. The van der Waals surface area contributed by atoms with Gasteiger partial charge in [-0.05, 0) is 58.4 Å². The number of aliphatic carboxylic acids is 1. The number of ether oxygens (including phenoxy) is 1. The molecule has 0 aromatic heterocycles. The van der Waals surface area contributed by atoms with Gasteiger partial charge < -0.3 is 20.1 Å². The van der Waals surface area contributed by atoms with E-state index in [0.717, 1.165) is 43.4 Å². The number of allylic oxidation sites excluding steroid dienone is 2. The highest BCUT2D eigenvalue weighted by Gasteiger charge is 2.64. The van der Waals surface area contributed by atoms with Crippen LogP contribution in [0.25, 0.3) is 0 Å². The molecule has 2 heterocycles. The van der Waals surface area contributed by atoms with E-state index in [-0.39, 0.29) is 17.2 Å². The first kappa shape index (κ1) is 20.3. The summed E-state index contributed by atoms with van der Waals surface area (Å²) in [6.45, 7) is 6.07. The van der Waals surface area contributed by atoms with Crippen molar-refractivity contribution in [2.24, 2.45) is 0 Å². The van der Waals surface area contributed by atoms with Crippen LogP contribution in [0.3, 0.4) is 0 Å². The molecule has 2 aliphatic carbocycles. The van der Waals surface area contributed by atoms with Crippen molar-refractivity contribution in [2.45, 2.75) is 81.5 Å². The van der Waals surface area contributed by atoms with E-state index in [9.17, 15) is 19.5 Å². The number of rotatable bonds is 5. The van der Waals surface area contributed by atoms with Crippen molar-refractivity contribution in [3.63, 3.8) is 0 Å². The fraction of sp³-hybridized carbons (Fsp3) is 0.667. The van der Waals surface area contributed by atoms with Crippen LogP contribution in [0.15, 0.2) is 22.5 Å². The topological polar surface area (TPSA) is 95.9 Å². The van der Waals surface area contributed by atoms with Crippen molar-refractivity contribution in [3.8, 4) is 0 Å². The molecule has 158 valence electrons. The molecule has 2 aliphatic heterocycles. The standard InChI is InChI=1S/C21H28N2O5S/c1-4-28-13-10-9-11-7-5-6-8-12(11)14(13)17(24)22-15-18(25)23-16(20(26)27)21(2,3)29-19(15)23/h15-16,19H,4-10H2,1-3H3,(H,22,24)(H,26,27)/t15-,16+,19-/m1/s1. The highest BCUT2D eigenvalue weighted by Crippen LogP contribution is 2.51. The second-order valence-electron chi connectivity index (χ2n) is 8.57. The molecule has 0 radical (unpaired) electrons. The van der Waals surface area contributed by atoms with Crippen LogP contribution in [0.4, 0.5) is 0 Å². The van der Waals surface area contributed by atoms with Gasteiger partial charge in [0, 0.05) is 11.2 Å². The Kier molecular flexibility index (Phi) is 5.17. The minimum absolute atomic E-state index is 0.266.